The van der Waals surface area contributed by atoms with Crippen LogP contribution in [0, 0.1) is 0 Å². The van der Waals surface area contributed by atoms with Gasteiger partial charge in [-0.3, -0.25) is 9.90 Å². The molecule has 0 aromatic heterocycles. The van der Waals surface area contributed by atoms with Gasteiger partial charge in [-0.25, -0.2) is 0 Å². The minimum Gasteiger partial charge on any atom is -0.269 e. The van der Waals surface area contributed by atoms with Gasteiger partial charge in [-0.05, 0) is 42.0 Å². The van der Waals surface area contributed by atoms with Crippen LogP contribution in [0.5, 0.6) is 0 Å². The van der Waals surface area contributed by atoms with Gasteiger partial charge >= 0.3 is 0 Å². The zero-order chi connectivity index (χ0) is 16.6. The molecule has 4 nitrogen and oxygen atoms in total. The Labute approximate surface area is 142 Å². The quantitative estimate of drug-likeness (QED) is 0.434. The molecule has 0 amide bonds. The Morgan fingerprint density at radius 2 is 1.25 bits per heavy atom. The summed E-state index contributed by atoms with van der Waals surface area (Å²) in [6.45, 7) is 0.535. The third kappa shape index (κ3) is 4.51. The van der Waals surface area contributed by atoms with Crippen molar-refractivity contribution in [3.8, 4) is 0 Å². The first-order valence-electron chi connectivity index (χ1n) is 7.79. The second kappa shape index (κ2) is 8.04. The van der Waals surface area contributed by atoms with Gasteiger partial charge in [0.2, 0.25) is 0 Å². The van der Waals surface area contributed by atoms with E-state index in [0.717, 1.165) is 22.6 Å². The molecular weight excluding hydrogens is 298 g/mol. The largest absolute Gasteiger partial charge is 0.269 e. The van der Waals surface area contributed by atoms with Crippen molar-refractivity contribution >= 4 is 17.1 Å². The first-order valence-corrected chi connectivity index (χ1v) is 7.79. The van der Waals surface area contributed by atoms with Crippen molar-refractivity contribution in [1.82, 2.24) is 0 Å². The molecule has 3 aromatic carbocycles. The standard InChI is InChI=1S/C20H19N3O/c1-23(24-16-17-8-4-2-5-9-17)20-14-12-19(13-15-20)22-21-18-10-6-3-7-11-18/h2-15H,16H2,1H3. The van der Waals surface area contributed by atoms with Gasteiger partial charge in [0.1, 0.15) is 0 Å². The molecule has 0 spiro atoms. The van der Waals surface area contributed by atoms with Crippen molar-refractivity contribution in [2.45, 2.75) is 6.61 Å². The molecule has 3 aromatic rings. The lowest BCUT2D eigenvalue weighted by atomic mass is 10.2. The van der Waals surface area contributed by atoms with Crippen LogP contribution in [0.4, 0.5) is 17.1 Å². The summed E-state index contributed by atoms with van der Waals surface area (Å²) in [6.07, 6.45) is 0. The van der Waals surface area contributed by atoms with Crippen LogP contribution >= 0.6 is 0 Å². The van der Waals surface area contributed by atoms with E-state index in [-0.39, 0.29) is 0 Å². The van der Waals surface area contributed by atoms with Gasteiger partial charge in [0.05, 0.1) is 23.7 Å². The van der Waals surface area contributed by atoms with Crippen molar-refractivity contribution in [1.29, 1.82) is 0 Å². The number of nitrogens with zero attached hydrogens (tertiary/aromatic N) is 3. The summed E-state index contributed by atoms with van der Waals surface area (Å²) >= 11 is 0. The molecule has 0 bridgehead atoms. The summed E-state index contributed by atoms with van der Waals surface area (Å²) in [5.41, 5.74) is 3.74. The fourth-order valence-electron chi connectivity index (χ4n) is 2.16. The topological polar surface area (TPSA) is 37.2 Å². The molecule has 0 aliphatic heterocycles. The first kappa shape index (κ1) is 15.9. The maximum absolute atomic E-state index is 5.76. The normalized spacial score (nSPS) is 10.9. The zero-order valence-electron chi connectivity index (χ0n) is 13.5. The Kier molecular flexibility index (Phi) is 5.32. The Balaban J connectivity index is 1.58. The van der Waals surface area contributed by atoms with Crippen LogP contribution in [0.25, 0.3) is 0 Å². The summed E-state index contributed by atoms with van der Waals surface area (Å²) in [6, 6.07) is 27.5. The van der Waals surface area contributed by atoms with Gasteiger partial charge < -0.3 is 0 Å². The van der Waals surface area contributed by atoms with Crippen LogP contribution in [0.3, 0.4) is 0 Å². The minimum atomic E-state index is 0.535. The average Bonchev–Trinajstić information content (AvgIpc) is 2.66. The summed E-state index contributed by atoms with van der Waals surface area (Å²) in [4.78, 5) is 5.76. The summed E-state index contributed by atoms with van der Waals surface area (Å²) in [7, 11) is 1.89. The molecule has 3 rings (SSSR count). The third-order valence-corrected chi connectivity index (χ3v) is 3.52. The van der Waals surface area contributed by atoms with E-state index in [1.807, 2.05) is 92.0 Å². The van der Waals surface area contributed by atoms with Crippen LogP contribution < -0.4 is 5.06 Å². The summed E-state index contributed by atoms with van der Waals surface area (Å²) in [5.74, 6) is 0. The minimum absolute atomic E-state index is 0.535. The number of benzene rings is 3. The van der Waals surface area contributed by atoms with Crippen molar-refractivity contribution < 1.29 is 4.84 Å². The highest BCUT2D eigenvalue weighted by molar-refractivity contribution is 5.51. The SMILES string of the molecule is CN(OCc1ccccc1)c1ccc(N=Nc2ccccc2)cc1. The monoisotopic (exact) mass is 317 g/mol. The highest BCUT2D eigenvalue weighted by Crippen LogP contribution is 2.22. The summed E-state index contributed by atoms with van der Waals surface area (Å²) in [5, 5.41) is 10.2. The van der Waals surface area contributed by atoms with Crippen LogP contribution in [0.2, 0.25) is 0 Å². The first-order chi connectivity index (χ1) is 11.8. The van der Waals surface area contributed by atoms with E-state index in [2.05, 4.69) is 10.2 Å². The van der Waals surface area contributed by atoms with Crippen molar-refractivity contribution in [2.75, 3.05) is 12.1 Å². The second-order valence-electron chi connectivity index (χ2n) is 5.31. The predicted octanol–water partition coefficient (Wildman–Crippen LogP) is 5.67. The molecule has 120 valence electrons. The maximum atomic E-state index is 5.76. The van der Waals surface area contributed by atoms with Crippen molar-refractivity contribution in [3.05, 3.63) is 90.5 Å². The number of hydrogen-bond acceptors (Lipinski definition) is 4. The molecule has 0 radical (unpaired) electrons. The Morgan fingerprint density at radius 3 is 1.88 bits per heavy atom. The predicted molar refractivity (Wildman–Crippen MR) is 96.7 cm³/mol. The number of azo groups is 1. The molecule has 0 saturated heterocycles. The smallest absolute Gasteiger partial charge is 0.0999 e. The van der Waals surface area contributed by atoms with Crippen LogP contribution in [0.1, 0.15) is 5.56 Å². The van der Waals surface area contributed by atoms with E-state index in [4.69, 9.17) is 4.84 Å². The van der Waals surface area contributed by atoms with Crippen LogP contribution in [-0.4, -0.2) is 7.05 Å². The van der Waals surface area contributed by atoms with Gasteiger partial charge in [0, 0.05) is 7.05 Å². The Morgan fingerprint density at radius 1 is 0.708 bits per heavy atom. The number of hydrogen-bond donors (Lipinski definition) is 0. The van der Waals surface area contributed by atoms with E-state index in [1.54, 1.807) is 5.06 Å². The lowest BCUT2D eigenvalue weighted by Crippen LogP contribution is -2.17. The Hall–Kier alpha value is -2.98. The number of hydroxylamine groups is 1. The highest BCUT2D eigenvalue weighted by Gasteiger charge is 2.02. The van der Waals surface area contributed by atoms with Gasteiger partial charge in [-0.1, -0.05) is 48.5 Å². The molecule has 0 saturated carbocycles. The van der Waals surface area contributed by atoms with Crippen molar-refractivity contribution in [2.24, 2.45) is 10.2 Å². The lowest BCUT2D eigenvalue weighted by Gasteiger charge is -2.18. The van der Waals surface area contributed by atoms with Crippen LogP contribution in [0.15, 0.2) is 95.2 Å². The molecule has 24 heavy (non-hydrogen) atoms. The number of anilines is 1. The third-order valence-electron chi connectivity index (χ3n) is 3.52. The average molecular weight is 317 g/mol. The van der Waals surface area contributed by atoms with E-state index in [1.165, 1.54) is 0 Å². The maximum Gasteiger partial charge on any atom is 0.0999 e. The molecule has 0 unspecified atom stereocenters. The molecule has 4 heteroatoms. The van der Waals surface area contributed by atoms with E-state index in [9.17, 15) is 0 Å². The van der Waals surface area contributed by atoms with Crippen molar-refractivity contribution in [3.63, 3.8) is 0 Å². The van der Waals surface area contributed by atoms with Gasteiger partial charge in [-0.2, -0.15) is 10.2 Å². The second-order valence-corrected chi connectivity index (χ2v) is 5.31. The molecule has 0 N–H and O–H groups in total. The van der Waals surface area contributed by atoms with E-state index < -0.39 is 0 Å². The molecular formula is C20H19N3O. The molecule has 0 atom stereocenters. The van der Waals surface area contributed by atoms with Gasteiger partial charge in [0.25, 0.3) is 0 Å². The number of rotatable bonds is 6. The Bertz CT molecular complexity index is 771. The lowest BCUT2D eigenvalue weighted by molar-refractivity contribution is 0.108. The van der Waals surface area contributed by atoms with Gasteiger partial charge in [0.15, 0.2) is 0 Å². The van der Waals surface area contributed by atoms with Gasteiger partial charge in [-0.15, -0.1) is 0 Å². The molecule has 0 aliphatic rings. The van der Waals surface area contributed by atoms with E-state index >= 15 is 0 Å². The fraction of sp³-hybridized carbons (Fsp3) is 0.100. The fourth-order valence-corrected chi connectivity index (χ4v) is 2.16. The highest BCUT2D eigenvalue weighted by atomic mass is 16.7. The summed E-state index contributed by atoms with van der Waals surface area (Å²) < 4.78 is 0. The van der Waals surface area contributed by atoms with Crippen LogP contribution in [-0.2, 0) is 11.4 Å². The zero-order valence-corrected chi connectivity index (χ0v) is 13.5. The van der Waals surface area contributed by atoms with E-state index in [0.29, 0.717) is 6.61 Å². The molecule has 0 heterocycles. The molecule has 0 fully saturated rings. The molecule has 0 aliphatic carbocycles.